The van der Waals surface area contributed by atoms with Crippen molar-refractivity contribution >= 4 is 23.3 Å². The number of fused-ring (bicyclic) bond motifs is 1. The molecule has 0 bridgehead atoms. The molecule has 20 nitrogen and oxygen atoms in total. The molecule has 4 saturated heterocycles. The summed E-state index contributed by atoms with van der Waals surface area (Å²) in [6.45, 7) is 18.4. The lowest BCUT2D eigenvalue weighted by atomic mass is 9.64. The van der Waals surface area contributed by atoms with Gasteiger partial charge in [0.15, 0.2) is 12.1 Å². The molecule has 0 aliphatic carbocycles. The van der Waals surface area contributed by atoms with Crippen molar-refractivity contribution in [2.45, 2.75) is 204 Å². The fourth-order valence-electron chi connectivity index (χ4n) is 14.7. The van der Waals surface area contributed by atoms with Crippen molar-refractivity contribution < 1.29 is 72.1 Å². The molecular formula is C61H95FN6O14. The largest absolute Gasteiger partial charge is 0.458 e. The van der Waals surface area contributed by atoms with Crippen LogP contribution in [0.2, 0.25) is 0 Å². The van der Waals surface area contributed by atoms with E-state index in [-0.39, 0.29) is 57.1 Å². The van der Waals surface area contributed by atoms with Crippen molar-refractivity contribution in [3.05, 3.63) is 65.1 Å². The van der Waals surface area contributed by atoms with Gasteiger partial charge in [0, 0.05) is 102 Å². The lowest BCUT2D eigenvalue weighted by molar-refractivity contribution is -0.298. The van der Waals surface area contributed by atoms with Crippen molar-refractivity contribution in [1.82, 2.24) is 25.0 Å². The average Bonchev–Trinajstić information content (AvgIpc) is 2.38. The third-order valence-corrected chi connectivity index (χ3v) is 19.2. The molecule has 21 heteroatoms. The second kappa shape index (κ2) is 26.6. The Labute approximate surface area is 484 Å². The molecule has 5 aliphatic heterocycles. The first-order chi connectivity index (χ1) is 38.7. The highest BCUT2D eigenvalue weighted by Gasteiger charge is 2.61. The number of nitrogens with two attached hydrogens (primary N) is 1. The molecule has 6 heterocycles. The molecule has 1 aromatic carbocycles. The molecule has 460 valence electrons. The number of Topliss-reactive ketones (excluding diaryl/α,β-unsaturated/α-hetero) is 1. The minimum atomic E-state index is -2.08. The number of esters is 2. The summed E-state index contributed by atoms with van der Waals surface area (Å²) in [4.78, 5) is 45.9. The maximum absolute atomic E-state index is 15.6. The van der Waals surface area contributed by atoms with E-state index in [9.17, 15) is 25.0 Å². The molecule has 1 unspecified atom stereocenters. The molecule has 7 rings (SSSR count). The first-order valence-corrected chi connectivity index (χ1v) is 29.4. The van der Waals surface area contributed by atoms with E-state index in [0.29, 0.717) is 44.5 Å². The van der Waals surface area contributed by atoms with Crippen LogP contribution >= 0.6 is 0 Å². The monoisotopic (exact) mass is 1150 g/mol. The van der Waals surface area contributed by atoms with E-state index in [1.165, 1.54) is 24.0 Å². The van der Waals surface area contributed by atoms with Gasteiger partial charge >= 0.3 is 11.9 Å². The molecular weight excluding hydrogens is 1060 g/mol. The summed E-state index contributed by atoms with van der Waals surface area (Å²) < 4.78 is 67.7. The number of aliphatic hydroxyl groups excluding tert-OH is 1. The SMILES string of the molecule is CC[C@H]1OC(=O)[C@H](C)C([C@H]2C[C@@](C)(OC)C[C@H](C)O2)[C@H](C)C[C@](C[C@]2(O)[C@H](O)O[C@H](C)C[C@@H]2N(C)CCc2cn([C@H](CF)[C@H](OC)c3ccc(C4=CC=C(C)N(O)C4)cc3)nn2)(OC)C[C@@](C)(OCCN)C(=O)[C@H](C)[C@H]2CC(=O)O[C@@]21C. The highest BCUT2D eigenvalue weighted by atomic mass is 19.1. The zero-order valence-electron chi connectivity index (χ0n) is 51.0. The first-order valence-electron chi connectivity index (χ1n) is 29.4. The molecule has 82 heavy (non-hydrogen) atoms. The number of alkyl halides is 1. The summed E-state index contributed by atoms with van der Waals surface area (Å²) in [7, 11) is 6.55. The number of hydrogen-bond acceptors (Lipinski definition) is 19. The van der Waals surface area contributed by atoms with Crippen LogP contribution < -0.4 is 5.73 Å². The van der Waals surface area contributed by atoms with Crippen molar-refractivity contribution in [2.24, 2.45) is 35.3 Å². The van der Waals surface area contributed by atoms with Crippen LogP contribution in [0.3, 0.4) is 0 Å². The van der Waals surface area contributed by atoms with Crippen molar-refractivity contribution in [2.75, 3.05) is 61.3 Å². The number of carbonyl (C=O) groups excluding carboxylic acids is 3. The molecule has 4 fully saturated rings. The standard InChI is InChI=1S/C61H95FN6O14/c1-15-50-59(10)46(27-51(69)82-59)40(6)54(70)58(9,78-25-23-63)34-60(77-14,28-36(2)52(41(7)55(71)81-50)48-30-57(8,76-13)29-39(5)79-48)35-61(73)49(26-38(4)80-56(61)72)66(11)24-22-45-33-67(65-64-45)47(31-62)53(75-12)43-20-18-42(19-21-43)44-17-16-37(3)68(74)32-44/h16-21,33,36,38-41,46-50,52-53,56,72-74H,15,22-32,34-35,63H2,1-14H3/t36-,38-,39+,40-,41-,46-,47-,48-,49+,50-,52?,53-,56-,57+,58-,59+,60+,61-/m1/s1. The molecule has 2 aromatic rings. The molecule has 0 radical (unpaired) electrons. The van der Waals surface area contributed by atoms with Gasteiger partial charge < -0.3 is 53.8 Å². The number of nitrogens with zero attached hydrogens (tertiary/aromatic N) is 5. The Balaban J connectivity index is 1.23. The smallest absolute Gasteiger partial charge is 0.309 e. The Morgan fingerprint density at radius 3 is 2.29 bits per heavy atom. The van der Waals surface area contributed by atoms with Gasteiger partial charge in [0.05, 0.1) is 60.7 Å². The van der Waals surface area contributed by atoms with Gasteiger partial charge in [0.25, 0.3) is 0 Å². The summed E-state index contributed by atoms with van der Waals surface area (Å²) in [5, 5.41) is 46.1. The summed E-state index contributed by atoms with van der Waals surface area (Å²) in [6, 6.07) is 5.95. The molecule has 5 aliphatic rings. The topological polar surface area (TPSA) is 249 Å². The van der Waals surface area contributed by atoms with E-state index in [4.69, 9.17) is 43.6 Å². The third kappa shape index (κ3) is 13.7. The summed E-state index contributed by atoms with van der Waals surface area (Å²) in [5.74, 6) is -4.83. The number of carbonyl (C=O) groups is 3. The second-order valence-electron chi connectivity index (χ2n) is 25.2. The van der Waals surface area contributed by atoms with Gasteiger partial charge in [-0.05, 0) is 96.5 Å². The number of allylic oxidation sites excluding steroid dienone is 3. The number of aliphatic hydroxyl groups is 2. The summed E-state index contributed by atoms with van der Waals surface area (Å²) in [5.41, 5.74) is 2.74. The maximum atomic E-state index is 15.6. The van der Waals surface area contributed by atoms with Gasteiger partial charge in [-0.25, -0.2) is 9.07 Å². The van der Waals surface area contributed by atoms with Gasteiger partial charge in [-0.2, -0.15) is 0 Å². The number of cyclic esters (lactones) is 1. The van der Waals surface area contributed by atoms with Gasteiger partial charge in [-0.1, -0.05) is 63.2 Å². The summed E-state index contributed by atoms with van der Waals surface area (Å²) >= 11 is 0. The van der Waals surface area contributed by atoms with Gasteiger partial charge in [-0.15, -0.1) is 5.10 Å². The third-order valence-electron chi connectivity index (χ3n) is 19.2. The number of ether oxygens (including phenoxy) is 8. The minimum Gasteiger partial charge on any atom is -0.458 e. The molecule has 18 atom stereocenters. The average molecular weight is 1160 g/mol. The van der Waals surface area contributed by atoms with Crippen LogP contribution in [0.15, 0.2) is 48.3 Å². The molecule has 0 spiro atoms. The second-order valence-corrected chi connectivity index (χ2v) is 25.2. The van der Waals surface area contributed by atoms with Gasteiger partial charge in [-0.3, -0.25) is 29.6 Å². The van der Waals surface area contributed by atoms with Crippen LogP contribution in [-0.4, -0.2) is 184 Å². The van der Waals surface area contributed by atoms with Gasteiger partial charge in [0.1, 0.15) is 41.7 Å². The number of ketones is 1. The minimum absolute atomic E-state index is 0.0174. The number of methoxy groups -OCH3 is 3. The molecule has 0 saturated carbocycles. The molecule has 0 amide bonds. The number of hydroxylamine groups is 2. The van der Waals surface area contributed by atoms with Crippen LogP contribution in [0.5, 0.6) is 0 Å². The number of benzene rings is 1. The zero-order valence-corrected chi connectivity index (χ0v) is 51.0. The fourth-order valence-corrected chi connectivity index (χ4v) is 14.7. The Morgan fingerprint density at radius 1 is 0.963 bits per heavy atom. The number of likely N-dealkylation sites (N-methyl/N-ethyl adjacent to an activating group) is 1. The predicted molar refractivity (Wildman–Crippen MR) is 302 cm³/mol. The van der Waals surface area contributed by atoms with E-state index in [0.717, 1.165) is 22.4 Å². The number of halogens is 1. The van der Waals surface area contributed by atoms with Crippen LogP contribution in [0.1, 0.15) is 150 Å². The van der Waals surface area contributed by atoms with E-state index < -0.39 is 119 Å². The van der Waals surface area contributed by atoms with Crippen LogP contribution in [0, 0.1) is 29.6 Å². The van der Waals surface area contributed by atoms with E-state index >= 15 is 9.18 Å². The number of hydrogen-bond donors (Lipinski definition) is 4. The molecule has 5 N–H and O–H groups in total. The molecule has 1 aromatic heterocycles. The van der Waals surface area contributed by atoms with E-state index in [1.54, 1.807) is 34.1 Å². The normalized spacial score (nSPS) is 37.8. The van der Waals surface area contributed by atoms with Crippen LogP contribution in [0.25, 0.3) is 5.57 Å². The van der Waals surface area contributed by atoms with Crippen molar-refractivity contribution in [3.8, 4) is 0 Å². The first kappa shape index (κ1) is 65.3. The maximum Gasteiger partial charge on any atom is 0.309 e. The van der Waals surface area contributed by atoms with E-state index in [1.807, 2.05) is 96.8 Å². The highest BCUT2D eigenvalue weighted by molar-refractivity contribution is 5.90. The van der Waals surface area contributed by atoms with Crippen LogP contribution in [-0.2, 0) is 58.7 Å². The fraction of sp³-hybridized carbons (Fsp3) is 0.754. The number of aromatic nitrogens is 3. The Morgan fingerprint density at radius 2 is 1.67 bits per heavy atom. The lowest BCUT2D eigenvalue weighted by Gasteiger charge is -2.54. The van der Waals surface area contributed by atoms with Crippen molar-refractivity contribution in [1.29, 1.82) is 0 Å². The summed E-state index contributed by atoms with van der Waals surface area (Å²) in [6.07, 6.45) is 2.39. The Bertz CT molecular complexity index is 2570. The Kier molecular flexibility index (Phi) is 21.1. The Hall–Kier alpha value is -4.26. The lowest BCUT2D eigenvalue weighted by Crippen LogP contribution is -2.67. The quantitative estimate of drug-likeness (QED) is 0.105. The van der Waals surface area contributed by atoms with Crippen molar-refractivity contribution in [3.63, 3.8) is 0 Å². The van der Waals surface area contributed by atoms with Gasteiger partial charge in [0.2, 0.25) is 0 Å². The number of rotatable bonds is 19. The zero-order chi connectivity index (χ0) is 60.3. The predicted octanol–water partition coefficient (Wildman–Crippen LogP) is 6.88. The van der Waals surface area contributed by atoms with E-state index in [2.05, 4.69) is 10.3 Å². The van der Waals surface area contributed by atoms with Crippen LogP contribution in [0.4, 0.5) is 4.39 Å². The highest BCUT2D eigenvalue weighted by Crippen LogP contribution is 2.51.